The smallest absolute Gasteiger partial charge is 0.203 e. The van der Waals surface area contributed by atoms with E-state index in [9.17, 15) is 0 Å². The van der Waals surface area contributed by atoms with Crippen LogP contribution in [0.1, 0.15) is 38.9 Å². The van der Waals surface area contributed by atoms with Crippen LogP contribution >= 0.6 is 0 Å². The Labute approximate surface area is 101 Å². The lowest BCUT2D eigenvalue weighted by atomic mass is 10.1. The summed E-state index contributed by atoms with van der Waals surface area (Å²) in [6, 6.07) is 0.454. The van der Waals surface area contributed by atoms with E-state index in [1.54, 1.807) is 6.20 Å². The molecule has 0 aliphatic carbocycles. The van der Waals surface area contributed by atoms with Crippen LogP contribution in [0.25, 0.3) is 5.65 Å². The van der Waals surface area contributed by atoms with Crippen molar-refractivity contribution in [3.8, 4) is 0 Å². The number of aromatic nitrogens is 4. The zero-order valence-corrected chi connectivity index (χ0v) is 10.6. The Bertz CT molecular complexity index is 491. The Morgan fingerprint density at radius 2 is 2.18 bits per heavy atom. The second-order valence-electron chi connectivity index (χ2n) is 4.25. The Hall–Kier alpha value is -1.65. The average Bonchev–Trinajstić information content (AvgIpc) is 2.72. The summed E-state index contributed by atoms with van der Waals surface area (Å²) in [4.78, 5) is 4.36. The Morgan fingerprint density at radius 1 is 1.35 bits per heavy atom. The molecule has 2 aromatic rings. The molecule has 0 saturated heterocycles. The van der Waals surface area contributed by atoms with E-state index in [1.807, 2.05) is 17.5 Å². The standard InChI is InChI=1S/C12H19N5/c1-4-6-10(5-2)14-11-12-16-15-9(3)17(12)8-7-13-11/h7-8,10H,4-6H2,1-3H3,(H,13,14). The highest BCUT2D eigenvalue weighted by Crippen LogP contribution is 2.15. The number of hydrogen-bond donors (Lipinski definition) is 1. The van der Waals surface area contributed by atoms with Crippen LogP contribution in [0.15, 0.2) is 12.4 Å². The van der Waals surface area contributed by atoms with Crippen molar-refractivity contribution in [1.29, 1.82) is 0 Å². The quantitative estimate of drug-likeness (QED) is 0.861. The fraction of sp³-hybridized carbons (Fsp3) is 0.583. The van der Waals surface area contributed by atoms with Gasteiger partial charge in [0.05, 0.1) is 0 Å². The summed E-state index contributed by atoms with van der Waals surface area (Å²) in [5, 5.41) is 11.7. The third-order valence-electron chi connectivity index (χ3n) is 2.97. The molecule has 0 amide bonds. The molecule has 2 rings (SSSR count). The van der Waals surface area contributed by atoms with E-state index < -0.39 is 0 Å². The molecule has 0 aliphatic heterocycles. The van der Waals surface area contributed by atoms with Gasteiger partial charge in [0.15, 0.2) is 5.82 Å². The Morgan fingerprint density at radius 3 is 2.88 bits per heavy atom. The SMILES string of the molecule is CCCC(CC)Nc1nccn2c(C)nnc12. The van der Waals surface area contributed by atoms with Gasteiger partial charge >= 0.3 is 0 Å². The number of rotatable bonds is 5. The summed E-state index contributed by atoms with van der Waals surface area (Å²) >= 11 is 0. The number of nitrogens with one attached hydrogen (secondary N) is 1. The van der Waals surface area contributed by atoms with E-state index in [4.69, 9.17) is 0 Å². The van der Waals surface area contributed by atoms with E-state index in [0.29, 0.717) is 6.04 Å². The summed E-state index contributed by atoms with van der Waals surface area (Å²) in [6.07, 6.45) is 7.07. The molecule has 0 bridgehead atoms. The summed E-state index contributed by atoms with van der Waals surface area (Å²) in [7, 11) is 0. The van der Waals surface area contributed by atoms with Gasteiger partial charge in [0.1, 0.15) is 5.82 Å². The molecule has 2 heterocycles. The number of aryl methyl sites for hydroxylation is 1. The molecular formula is C12H19N5. The average molecular weight is 233 g/mol. The molecule has 0 aromatic carbocycles. The van der Waals surface area contributed by atoms with Crippen molar-refractivity contribution in [3.05, 3.63) is 18.2 Å². The van der Waals surface area contributed by atoms with Crippen LogP contribution < -0.4 is 5.32 Å². The van der Waals surface area contributed by atoms with Crippen LogP contribution in [0.2, 0.25) is 0 Å². The van der Waals surface area contributed by atoms with Crippen LogP contribution in [0.5, 0.6) is 0 Å². The van der Waals surface area contributed by atoms with Crippen molar-refractivity contribution in [2.24, 2.45) is 0 Å². The topological polar surface area (TPSA) is 55.1 Å². The molecule has 0 saturated carbocycles. The van der Waals surface area contributed by atoms with E-state index in [2.05, 4.69) is 34.3 Å². The molecule has 0 aliphatic rings. The van der Waals surface area contributed by atoms with Crippen molar-refractivity contribution in [2.45, 2.75) is 46.1 Å². The van der Waals surface area contributed by atoms with Crippen molar-refractivity contribution < 1.29 is 0 Å². The van der Waals surface area contributed by atoms with E-state index in [1.165, 1.54) is 6.42 Å². The van der Waals surface area contributed by atoms with Gasteiger partial charge in [0.2, 0.25) is 5.65 Å². The van der Waals surface area contributed by atoms with Gasteiger partial charge in [-0.3, -0.25) is 4.40 Å². The van der Waals surface area contributed by atoms with Gasteiger partial charge in [-0.2, -0.15) is 0 Å². The minimum atomic E-state index is 0.454. The van der Waals surface area contributed by atoms with Gasteiger partial charge in [0, 0.05) is 18.4 Å². The van der Waals surface area contributed by atoms with Gasteiger partial charge in [-0.05, 0) is 19.8 Å². The van der Waals surface area contributed by atoms with Crippen molar-refractivity contribution in [3.63, 3.8) is 0 Å². The maximum absolute atomic E-state index is 4.36. The maximum atomic E-state index is 4.36. The second kappa shape index (κ2) is 5.12. The van der Waals surface area contributed by atoms with Crippen molar-refractivity contribution in [2.75, 3.05) is 5.32 Å². The second-order valence-corrected chi connectivity index (χ2v) is 4.25. The number of hydrogen-bond acceptors (Lipinski definition) is 4. The monoisotopic (exact) mass is 233 g/mol. The van der Waals surface area contributed by atoms with E-state index in [-0.39, 0.29) is 0 Å². The third kappa shape index (κ3) is 2.38. The van der Waals surface area contributed by atoms with Gasteiger partial charge in [-0.15, -0.1) is 10.2 Å². The minimum Gasteiger partial charge on any atom is -0.364 e. The normalized spacial score (nSPS) is 12.9. The number of anilines is 1. The van der Waals surface area contributed by atoms with Crippen LogP contribution in [-0.4, -0.2) is 25.6 Å². The van der Waals surface area contributed by atoms with Crippen LogP contribution in [-0.2, 0) is 0 Å². The lowest BCUT2D eigenvalue weighted by Gasteiger charge is -2.16. The Kier molecular flexibility index (Phi) is 3.56. The van der Waals surface area contributed by atoms with Crippen molar-refractivity contribution in [1.82, 2.24) is 19.6 Å². The third-order valence-corrected chi connectivity index (χ3v) is 2.97. The molecule has 0 radical (unpaired) electrons. The zero-order valence-electron chi connectivity index (χ0n) is 10.6. The number of nitrogens with zero attached hydrogens (tertiary/aromatic N) is 4. The summed E-state index contributed by atoms with van der Waals surface area (Å²) in [5.41, 5.74) is 0.805. The van der Waals surface area contributed by atoms with Crippen LogP contribution in [0, 0.1) is 6.92 Å². The first-order valence-corrected chi connectivity index (χ1v) is 6.19. The molecule has 5 heteroatoms. The maximum Gasteiger partial charge on any atom is 0.203 e. The summed E-state index contributed by atoms with van der Waals surface area (Å²) in [5.74, 6) is 1.71. The molecule has 2 aromatic heterocycles. The zero-order chi connectivity index (χ0) is 12.3. The lowest BCUT2D eigenvalue weighted by Crippen LogP contribution is -2.19. The summed E-state index contributed by atoms with van der Waals surface area (Å²) < 4.78 is 1.95. The van der Waals surface area contributed by atoms with Gasteiger partial charge in [-0.1, -0.05) is 20.3 Å². The minimum absolute atomic E-state index is 0.454. The summed E-state index contributed by atoms with van der Waals surface area (Å²) in [6.45, 7) is 6.31. The molecular weight excluding hydrogens is 214 g/mol. The highest BCUT2D eigenvalue weighted by atomic mass is 15.3. The first-order valence-electron chi connectivity index (χ1n) is 6.19. The Balaban J connectivity index is 2.29. The predicted molar refractivity (Wildman–Crippen MR) is 68.1 cm³/mol. The number of fused-ring (bicyclic) bond motifs is 1. The molecule has 1 N–H and O–H groups in total. The molecule has 0 fully saturated rings. The highest BCUT2D eigenvalue weighted by Gasteiger charge is 2.11. The molecule has 1 unspecified atom stereocenters. The largest absolute Gasteiger partial charge is 0.364 e. The molecule has 5 nitrogen and oxygen atoms in total. The lowest BCUT2D eigenvalue weighted by molar-refractivity contribution is 0.620. The van der Waals surface area contributed by atoms with E-state index >= 15 is 0 Å². The first kappa shape index (κ1) is 11.8. The highest BCUT2D eigenvalue weighted by molar-refractivity contribution is 5.62. The van der Waals surface area contributed by atoms with Gasteiger partial charge in [0.25, 0.3) is 0 Å². The predicted octanol–water partition coefficient (Wildman–Crippen LogP) is 2.42. The van der Waals surface area contributed by atoms with E-state index in [0.717, 1.165) is 30.1 Å². The van der Waals surface area contributed by atoms with Crippen molar-refractivity contribution >= 4 is 11.5 Å². The van der Waals surface area contributed by atoms with Gasteiger partial charge in [-0.25, -0.2) is 4.98 Å². The fourth-order valence-corrected chi connectivity index (χ4v) is 1.96. The first-order chi connectivity index (χ1) is 8.26. The molecule has 17 heavy (non-hydrogen) atoms. The van der Waals surface area contributed by atoms with Crippen LogP contribution in [0.4, 0.5) is 5.82 Å². The molecule has 1 atom stereocenters. The fourth-order valence-electron chi connectivity index (χ4n) is 1.96. The van der Waals surface area contributed by atoms with Crippen LogP contribution in [0.3, 0.4) is 0 Å². The molecule has 0 spiro atoms. The van der Waals surface area contributed by atoms with Gasteiger partial charge < -0.3 is 5.32 Å². The molecule has 92 valence electrons.